The normalized spacial score (nSPS) is 14.7. The van der Waals surface area contributed by atoms with Crippen LogP contribution in [0.5, 0.6) is 11.5 Å². The van der Waals surface area contributed by atoms with Crippen LogP contribution >= 0.6 is 11.8 Å². The highest BCUT2D eigenvalue weighted by Gasteiger charge is 2.24. The lowest BCUT2D eigenvalue weighted by molar-refractivity contribution is -0.402. The number of aromatic nitrogens is 3. The van der Waals surface area contributed by atoms with Crippen molar-refractivity contribution in [2.24, 2.45) is 0 Å². The Morgan fingerprint density at radius 1 is 1.12 bits per heavy atom. The van der Waals surface area contributed by atoms with Crippen molar-refractivity contribution in [3.63, 3.8) is 0 Å². The summed E-state index contributed by atoms with van der Waals surface area (Å²) in [6, 6.07) is 8.94. The number of nitrogens with zero attached hydrogens (tertiary/aromatic N) is 4. The van der Waals surface area contributed by atoms with Crippen LogP contribution in [0.4, 0.5) is 5.88 Å². The first kappa shape index (κ1) is 21.9. The minimum Gasteiger partial charge on any atom is -0.493 e. The van der Waals surface area contributed by atoms with E-state index in [1.54, 1.807) is 26.4 Å². The number of thioether (sulfide) groups is 1. The smallest absolute Gasteiger partial charge is 0.433 e. The number of benzene rings is 1. The molecule has 2 heterocycles. The van der Waals surface area contributed by atoms with Gasteiger partial charge in [-0.25, -0.2) is 0 Å². The fourth-order valence-corrected chi connectivity index (χ4v) is 4.65. The molecule has 168 valence electrons. The third-order valence-electron chi connectivity index (χ3n) is 5.44. The molecule has 1 fully saturated rings. The zero-order valence-corrected chi connectivity index (χ0v) is 18.7. The molecule has 0 saturated heterocycles. The summed E-state index contributed by atoms with van der Waals surface area (Å²) < 4.78 is 18.2. The van der Waals surface area contributed by atoms with Crippen molar-refractivity contribution < 1.29 is 18.8 Å². The van der Waals surface area contributed by atoms with E-state index in [-0.39, 0.29) is 5.88 Å². The number of methoxy groups -OCH3 is 2. The zero-order chi connectivity index (χ0) is 22.5. The molecule has 1 aromatic carbocycles. The van der Waals surface area contributed by atoms with E-state index in [0.29, 0.717) is 23.3 Å². The molecular formula is C22H24N4O5S. The van der Waals surface area contributed by atoms with Gasteiger partial charge in [-0.15, -0.1) is 10.2 Å². The van der Waals surface area contributed by atoms with Gasteiger partial charge in [0.1, 0.15) is 10.7 Å². The van der Waals surface area contributed by atoms with Gasteiger partial charge in [0.05, 0.1) is 20.3 Å². The molecule has 0 bridgehead atoms. The summed E-state index contributed by atoms with van der Waals surface area (Å²) >= 11 is 1.41. The Kier molecular flexibility index (Phi) is 6.79. The Morgan fingerprint density at radius 3 is 2.59 bits per heavy atom. The molecule has 0 spiro atoms. The number of rotatable bonds is 8. The van der Waals surface area contributed by atoms with Crippen molar-refractivity contribution in [3.05, 3.63) is 51.6 Å². The maximum atomic E-state index is 10.8. The molecule has 1 saturated carbocycles. The van der Waals surface area contributed by atoms with Crippen LogP contribution in [-0.4, -0.2) is 33.9 Å². The maximum absolute atomic E-state index is 10.8. The van der Waals surface area contributed by atoms with E-state index in [1.807, 2.05) is 23.6 Å². The second-order valence-corrected chi connectivity index (χ2v) is 8.26. The van der Waals surface area contributed by atoms with Gasteiger partial charge in [0.25, 0.3) is 0 Å². The molecule has 0 amide bonds. The minimum atomic E-state index is -0.556. The summed E-state index contributed by atoms with van der Waals surface area (Å²) in [6.07, 6.45) is 7.41. The zero-order valence-electron chi connectivity index (χ0n) is 17.9. The molecule has 10 heteroatoms. The molecule has 0 aliphatic heterocycles. The summed E-state index contributed by atoms with van der Waals surface area (Å²) in [6.45, 7) is 0. The van der Waals surface area contributed by atoms with Crippen LogP contribution < -0.4 is 9.47 Å². The Morgan fingerprint density at radius 2 is 1.91 bits per heavy atom. The Hall–Kier alpha value is -3.27. The van der Waals surface area contributed by atoms with Crippen LogP contribution in [0.3, 0.4) is 0 Å². The van der Waals surface area contributed by atoms with Gasteiger partial charge in [0.15, 0.2) is 22.5 Å². The number of hydrogen-bond donors (Lipinski definition) is 0. The fourth-order valence-electron chi connectivity index (χ4n) is 3.89. The van der Waals surface area contributed by atoms with Gasteiger partial charge in [-0.3, -0.25) is 14.7 Å². The van der Waals surface area contributed by atoms with Crippen molar-refractivity contribution in [3.8, 4) is 22.9 Å². The molecule has 0 atom stereocenters. The number of furan rings is 1. The third kappa shape index (κ3) is 4.64. The van der Waals surface area contributed by atoms with Gasteiger partial charge in [0, 0.05) is 11.6 Å². The molecule has 0 radical (unpaired) electrons. The predicted octanol–water partition coefficient (Wildman–Crippen LogP) is 5.73. The second-order valence-electron chi connectivity index (χ2n) is 7.39. The average Bonchev–Trinajstić information content (AvgIpc) is 3.47. The van der Waals surface area contributed by atoms with Crippen LogP contribution in [0, 0.1) is 10.1 Å². The lowest BCUT2D eigenvalue weighted by Crippen LogP contribution is -2.15. The Balaban J connectivity index is 1.64. The first-order valence-corrected chi connectivity index (χ1v) is 11.2. The molecule has 9 nitrogen and oxygen atoms in total. The maximum Gasteiger partial charge on any atom is 0.433 e. The lowest BCUT2D eigenvalue weighted by Gasteiger charge is -2.25. The number of ether oxygens (including phenoxy) is 2. The standard InChI is InChI=1S/C22H24N4O5S/c1-29-18-10-8-15(14-19(18)30-2)21-23-24-22(25(21)16-6-4-3-5-7-16)32-13-12-17-9-11-20(31-17)26(27)28/h8-14,16H,3-7H2,1-2H3/b13-12+. The summed E-state index contributed by atoms with van der Waals surface area (Å²) in [5.41, 5.74) is 0.901. The van der Waals surface area contributed by atoms with Gasteiger partial charge < -0.3 is 13.9 Å². The van der Waals surface area contributed by atoms with Crippen LogP contribution in [0.1, 0.15) is 43.9 Å². The number of nitro groups is 1. The second kappa shape index (κ2) is 9.90. The topological polar surface area (TPSA) is 105 Å². The van der Waals surface area contributed by atoms with Gasteiger partial charge in [0.2, 0.25) is 0 Å². The molecule has 0 unspecified atom stereocenters. The van der Waals surface area contributed by atoms with E-state index in [2.05, 4.69) is 14.8 Å². The molecule has 4 rings (SSSR count). The highest BCUT2D eigenvalue weighted by atomic mass is 32.2. The van der Waals surface area contributed by atoms with Crippen molar-refractivity contribution in [2.75, 3.05) is 14.2 Å². The van der Waals surface area contributed by atoms with Crippen LogP contribution in [0.15, 0.2) is 45.3 Å². The lowest BCUT2D eigenvalue weighted by atomic mass is 9.95. The molecule has 0 N–H and O–H groups in total. The van der Waals surface area contributed by atoms with Crippen LogP contribution in [-0.2, 0) is 0 Å². The molecule has 1 aliphatic rings. The number of hydrogen-bond acceptors (Lipinski definition) is 8. The molecular weight excluding hydrogens is 432 g/mol. The Labute approximate surface area is 189 Å². The van der Waals surface area contributed by atoms with Crippen molar-refractivity contribution in [1.82, 2.24) is 14.8 Å². The third-order valence-corrected chi connectivity index (χ3v) is 6.21. The SMILES string of the molecule is COc1ccc(-c2nnc(S/C=C/c3ccc([N+](=O)[O-])o3)n2C2CCCCC2)cc1OC. The monoisotopic (exact) mass is 456 g/mol. The highest BCUT2D eigenvalue weighted by Crippen LogP contribution is 2.38. The minimum absolute atomic E-state index is 0.282. The Bertz CT molecular complexity index is 1120. The van der Waals surface area contributed by atoms with E-state index in [0.717, 1.165) is 29.4 Å². The van der Waals surface area contributed by atoms with Gasteiger partial charge in [-0.05, 0) is 48.6 Å². The van der Waals surface area contributed by atoms with Gasteiger partial charge in [-0.1, -0.05) is 31.0 Å². The largest absolute Gasteiger partial charge is 0.493 e. The predicted molar refractivity (Wildman–Crippen MR) is 121 cm³/mol. The molecule has 3 aromatic rings. The van der Waals surface area contributed by atoms with Crippen molar-refractivity contribution in [1.29, 1.82) is 0 Å². The first-order chi connectivity index (χ1) is 15.6. The fraction of sp³-hybridized carbons (Fsp3) is 0.364. The van der Waals surface area contributed by atoms with Gasteiger partial charge in [-0.2, -0.15) is 0 Å². The summed E-state index contributed by atoms with van der Waals surface area (Å²) in [4.78, 5) is 10.2. The van der Waals surface area contributed by atoms with E-state index in [4.69, 9.17) is 13.9 Å². The van der Waals surface area contributed by atoms with Crippen molar-refractivity contribution >= 4 is 23.7 Å². The van der Waals surface area contributed by atoms with Gasteiger partial charge >= 0.3 is 5.88 Å². The van der Waals surface area contributed by atoms with Crippen molar-refractivity contribution in [2.45, 2.75) is 43.3 Å². The van der Waals surface area contributed by atoms with Crippen LogP contribution in [0.2, 0.25) is 0 Å². The van der Waals surface area contributed by atoms with E-state index in [9.17, 15) is 10.1 Å². The molecule has 1 aliphatic carbocycles. The summed E-state index contributed by atoms with van der Waals surface area (Å²) in [7, 11) is 3.22. The van der Waals surface area contributed by atoms with E-state index < -0.39 is 4.92 Å². The summed E-state index contributed by atoms with van der Waals surface area (Å²) in [5.74, 6) is 2.20. The molecule has 32 heavy (non-hydrogen) atoms. The first-order valence-electron chi connectivity index (χ1n) is 10.4. The molecule has 2 aromatic heterocycles. The quantitative estimate of drug-likeness (QED) is 0.240. The van der Waals surface area contributed by atoms with Crippen LogP contribution in [0.25, 0.3) is 17.5 Å². The summed E-state index contributed by atoms with van der Waals surface area (Å²) in [5, 5.41) is 22.3. The average molecular weight is 457 g/mol. The highest BCUT2D eigenvalue weighted by molar-refractivity contribution is 8.02. The van der Waals surface area contributed by atoms with E-state index in [1.165, 1.54) is 37.1 Å². The van der Waals surface area contributed by atoms with E-state index >= 15 is 0 Å².